The standard InChI is InChI=1S/C18H25NO2/c20-18(21)16-11-17(19-12-16)15-9-5-8-14(10-15)13-6-3-1-2-4-7-13/h5,8-10,13,16-17,19H,1-4,6-7,11-12H2,(H,20,21). The summed E-state index contributed by atoms with van der Waals surface area (Å²) in [5.74, 6) is -0.217. The first kappa shape index (κ1) is 14.6. The third-order valence-corrected chi connectivity index (χ3v) is 5.12. The molecule has 2 N–H and O–H groups in total. The van der Waals surface area contributed by atoms with E-state index in [1.165, 1.54) is 49.7 Å². The van der Waals surface area contributed by atoms with Crippen LogP contribution in [-0.4, -0.2) is 17.6 Å². The maximum Gasteiger partial charge on any atom is 0.307 e. The molecule has 0 bridgehead atoms. The van der Waals surface area contributed by atoms with E-state index in [4.69, 9.17) is 5.11 Å². The fraction of sp³-hybridized carbons (Fsp3) is 0.611. The van der Waals surface area contributed by atoms with Crippen LogP contribution in [-0.2, 0) is 4.79 Å². The van der Waals surface area contributed by atoms with E-state index in [1.807, 2.05) is 0 Å². The summed E-state index contributed by atoms with van der Waals surface area (Å²) in [5, 5.41) is 12.5. The minimum atomic E-state index is -0.676. The summed E-state index contributed by atoms with van der Waals surface area (Å²) >= 11 is 0. The van der Waals surface area contributed by atoms with Crippen LogP contribution in [0.25, 0.3) is 0 Å². The van der Waals surface area contributed by atoms with E-state index in [9.17, 15) is 4.79 Å². The van der Waals surface area contributed by atoms with Crippen molar-refractivity contribution in [2.45, 2.75) is 56.9 Å². The molecule has 2 unspecified atom stereocenters. The first-order chi connectivity index (χ1) is 10.2. The highest BCUT2D eigenvalue weighted by molar-refractivity contribution is 5.70. The molecule has 2 atom stereocenters. The third-order valence-electron chi connectivity index (χ3n) is 5.12. The topological polar surface area (TPSA) is 49.3 Å². The summed E-state index contributed by atoms with van der Waals surface area (Å²) in [6.07, 6.45) is 8.76. The average Bonchev–Trinajstić information content (AvgIpc) is 2.84. The zero-order valence-electron chi connectivity index (χ0n) is 12.6. The molecule has 3 rings (SSSR count). The number of nitrogens with one attached hydrogen (secondary N) is 1. The van der Waals surface area contributed by atoms with Gasteiger partial charge in [-0.25, -0.2) is 0 Å². The largest absolute Gasteiger partial charge is 0.481 e. The Kier molecular flexibility index (Phi) is 4.59. The molecule has 1 heterocycles. The van der Waals surface area contributed by atoms with Crippen LogP contribution in [0.4, 0.5) is 0 Å². The van der Waals surface area contributed by atoms with Gasteiger partial charge < -0.3 is 10.4 Å². The van der Waals surface area contributed by atoms with Gasteiger partial charge in [-0.1, -0.05) is 49.9 Å². The van der Waals surface area contributed by atoms with E-state index in [0.717, 1.165) is 0 Å². The first-order valence-electron chi connectivity index (χ1n) is 8.30. The Morgan fingerprint density at radius 3 is 2.48 bits per heavy atom. The molecule has 3 heteroatoms. The number of hydrogen-bond acceptors (Lipinski definition) is 2. The summed E-state index contributed by atoms with van der Waals surface area (Å²) in [6, 6.07) is 9.06. The Hall–Kier alpha value is -1.35. The van der Waals surface area contributed by atoms with Crippen LogP contribution < -0.4 is 5.32 Å². The van der Waals surface area contributed by atoms with Crippen molar-refractivity contribution in [2.75, 3.05) is 6.54 Å². The van der Waals surface area contributed by atoms with Crippen LogP contribution in [0, 0.1) is 5.92 Å². The van der Waals surface area contributed by atoms with Gasteiger partial charge in [-0.3, -0.25) is 4.79 Å². The molecule has 1 aromatic rings. The molecular formula is C18H25NO2. The average molecular weight is 287 g/mol. The van der Waals surface area contributed by atoms with Crippen LogP contribution in [0.3, 0.4) is 0 Å². The molecule has 1 saturated carbocycles. The highest BCUT2D eigenvalue weighted by Gasteiger charge is 2.30. The lowest BCUT2D eigenvalue weighted by Gasteiger charge is -2.18. The number of aliphatic carboxylic acids is 1. The number of rotatable bonds is 3. The summed E-state index contributed by atoms with van der Waals surface area (Å²) in [4.78, 5) is 11.1. The SMILES string of the molecule is O=C(O)C1CNC(c2cccc(C3CCCCCC3)c2)C1. The maximum atomic E-state index is 11.1. The minimum Gasteiger partial charge on any atom is -0.481 e. The molecule has 2 fully saturated rings. The minimum absolute atomic E-state index is 0.205. The van der Waals surface area contributed by atoms with Crippen LogP contribution in [0.1, 0.15) is 68.0 Å². The van der Waals surface area contributed by atoms with Crippen molar-refractivity contribution < 1.29 is 9.90 Å². The third kappa shape index (κ3) is 3.46. The van der Waals surface area contributed by atoms with Gasteiger partial charge in [-0.2, -0.15) is 0 Å². The van der Waals surface area contributed by atoms with Gasteiger partial charge >= 0.3 is 5.97 Å². The quantitative estimate of drug-likeness (QED) is 0.830. The highest BCUT2D eigenvalue weighted by atomic mass is 16.4. The van der Waals surface area contributed by atoms with Crippen molar-refractivity contribution in [3.63, 3.8) is 0 Å². The van der Waals surface area contributed by atoms with E-state index in [2.05, 4.69) is 29.6 Å². The van der Waals surface area contributed by atoms with Crippen LogP contribution >= 0.6 is 0 Å². The van der Waals surface area contributed by atoms with Crippen LogP contribution in [0.15, 0.2) is 24.3 Å². The Labute approximate surface area is 126 Å². The van der Waals surface area contributed by atoms with E-state index in [-0.39, 0.29) is 12.0 Å². The molecule has 0 amide bonds. The lowest BCUT2D eigenvalue weighted by molar-refractivity contribution is -0.141. The second-order valence-corrected chi connectivity index (χ2v) is 6.59. The molecule has 0 aromatic heterocycles. The molecule has 0 spiro atoms. The zero-order valence-corrected chi connectivity index (χ0v) is 12.6. The molecule has 1 aliphatic carbocycles. The first-order valence-corrected chi connectivity index (χ1v) is 8.30. The molecule has 2 aliphatic rings. The van der Waals surface area contributed by atoms with Crippen molar-refractivity contribution in [1.82, 2.24) is 5.32 Å². The molecule has 1 aliphatic heterocycles. The van der Waals surface area contributed by atoms with Gasteiger partial charge in [-0.05, 0) is 36.3 Å². The fourth-order valence-electron chi connectivity index (χ4n) is 3.82. The number of carboxylic acid groups (broad SMARTS) is 1. The Balaban J connectivity index is 1.72. The Morgan fingerprint density at radius 2 is 1.81 bits per heavy atom. The second kappa shape index (κ2) is 6.61. The summed E-state index contributed by atoms with van der Waals surface area (Å²) in [7, 11) is 0. The smallest absolute Gasteiger partial charge is 0.307 e. The Bertz CT molecular complexity index is 492. The van der Waals surface area contributed by atoms with Gasteiger partial charge in [0.25, 0.3) is 0 Å². The maximum absolute atomic E-state index is 11.1. The monoisotopic (exact) mass is 287 g/mol. The predicted octanol–water partition coefficient (Wildman–Crippen LogP) is 3.86. The summed E-state index contributed by atoms with van der Waals surface area (Å²) in [5.41, 5.74) is 2.72. The summed E-state index contributed by atoms with van der Waals surface area (Å²) in [6.45, 7) is 0.591. The van der Waals surface area contributed by atoms with Gasteiger partial charge in [0.2, 0.25) is 0 Å². The second-order valence-electron chi connectivity index (χ2n) is 6.59. The van der Waals surface area contributed by atoms with E-state index in [0.29, 0.717) is 18.9 Å². The summed E-state index contributed by atoms with van der Waals surface area (Å²) < 4.78 is 0. The molecule has 0 radical (unpaired) electrons. The predicted molar refractivity (Wildman–Crippen MR) is 83.4 cm³/mol. The van der Waals surface area contributed by atoms with E-state index >= 15 is 0 Å². The van der Waals surface area contributed by atoms with Gasteiger partial charge in [0, 0.05) is 12.6 Å². The number of benzene rings is 1. The molecule has 114 valence electrons. The zero-order chi connectivity index (χ0) is 14.7. The van der Waals surface area contributed by atoms with E-state index < -0.39 is 5.97 Å². The molecule has 3 nitrogen and oxygen atoms in total. The van der Waals surface area contributed by atoms with Crippen molar-refractivity contribution in [2.24, 2.45) is 5.92 Å². The number of hydrogen-bond donors (Lipinski definition) is 2. The molecule has 1 aromatic carbocycles. The molecule has 21 heavy (non-hydrogen) atoms. The van der Waals surface area contributed by atoms with Crippen molar-refractivity contribution >= 4 is 5.97 Å². The van der Waals surface area contributed by atoms with Gasteiger partial charge in [-0.15, -0.1) is 0 Å². The van der Waals surface area contributed by atoms with Gasteiger partial charge in [0.15, 0.2) is 0 Å². The van der Waals surface area contributed by atoms with Crippen molar-refractivity contribution in [1.29, 1.82) is 0 Å². The molecule has 1 saturated heterocycles. The lowest BCUT2D eigenvalue weighted by atomic mass is 9.89. The lowest BCUT2D eigenvalue weighted by Crippen LogP contribution is -2.17. The van der Waals surface area contributed by atoms with Gasteiger partial charge in [0.05, 0.1) is 5.92 Å². The normalized spacial score (nSPS) is 27.4. The van der Waals surface area contributed by atoms with Crippen molar-refractivity contribution in [3.05, 3.63) is 35.4 Å². The Morgan fingerprint density at radius 1 is 1.10 bits per heavy atom. The van der Waals surface area contributed by atoms with E-state index in [1.54, 1.807) is 0 Å². The van der Waals surface area contributed by atoms with Gasteiger partial charge in [0.1, 0.15) is 0 Å². The molecular weight excluding hydrogens is 262 g/mol. The van der Waals surface area contributed by atoms with Crippen LogP contribution in [0.5, 0.6) is 0 Å². The van der Waals surface area contributed by atoms with Crippen molar-refractivity contribution in [3.8, 4) is 0 Å². The van der Waals surface area contributed by atoms with Crippen LogP contribution in [0.2, 0.25) is 0 Å². The fourth-order valence-corrected chi connectivity index (χ4v) is 3.82. The number of carboxylic acids is 1. The highest BCUT2D eigenvalue weighted by Crippen LogP contribution is 2.34. The number of carbonyl (C=O) groups is 1.